The van der Waals surface area contributed by atoms with E-state index in [2.05, 4.69) is 24.0 Å². The smallest absolute Gasteiger partial charge is 0.335 e. The van der Waals surface area contributed by atoms with Crippen molar-refractivity contribution >= 4 is 41.8 Å². The normalized spacial score (nSPS) is 9.91. The number of carbonyl (C=O) groups excluding carboxylic acids is 1. The number of thiol groups is 1. The molecule has 238 valence electrons. The zero-order valence-corrected chi connectivity index (χ0v) is 24.6. The van der Waals surface area contributed by atoms with Gasteiger partial charge in [-0.25, -0.2) is 26.7 Å². The number of benzene rings is 4. The number of nitriles is 1. The van der Waals surface area contributed by atoms with Gasteiger partial charge in [0.25, 0.3) is 0 Å². The molecule has 4 rings (SSSR count). The van der Waals surface area contributed by atoms with Crippen molar-refractivity contribution in [1.29, 1.82) is 5.26 Å². The van der Waals surface area contributed by atoms with Gasteiger partial charge in [-0.3, -0.25) is 4.79 Å². The van der Waals surface area contributed by atoms with Crippen molar-refractivity contribution in [2.24, 2.45) is 0 Å². The lowest BCUT2D eigenvalue weighted by atomic mass is 10.1. The summed E-state index contributed by atoms with van der Waals surface area (Å²) in [6.07, 6.45) is 0. The van der Waals surface area contributed by atoms with Gasteiger partial charge in [0.1, 0.15) is 0 Å². The lowest BCUT2D eigenvalue weighted by molar-refractivity contribution is -0.118. The summed E-state index contributed by atoms with van der Waals surface area (Å²) in [6.45, 7) is 0.837. The van der Waals surface area contributed by atoms with Gasteiger partial charge in [-0.1, -0.05) is 35.9 Å². The van der Waals surface area contributed by atoms with Crippen molar-refractivity contribution in [2.75, 3.05) is 11.4 Å². The third-order valence-corrected chi connectivity index (χ3v) is 6.47. The molecule has 6 N–H and O–H groups in total. The second-order valence-corrected chi connectivity index (χ2v) is 9.68. The van der Waals surface area contributed by atoms with Gasteiger partial charge in [0, 0.05) is 17.3 Å². The van der Waals surface area contributed by atoms with E-state index in [1.807, 2.05) is 18.2 Å². The van der Waals surface area contributed by atoms with Crippen LogP contribution in [-0.4, -0.2) is 34.5 Å². The molecule has 0 aromatic heterocycles. The predicted molar refractivity (Wildman–Crippen MR) is 160 cm³/mol. The first-order chi connectivity index (χ1) is 20.4. The van der Waals surface area contributed by atoms with Gasteiger partial charge in [0.2, 0.25) is 11.7 Å². The van der Waals surface area contributed by atoms with Gasteiger partial charge < -0.3 is 26.3 Å². The number of aromatic carboxylic acids is 1. The van der Waals surface area contributed by atoms with Crippen molar-refractivity contribution in [2.45, 2.75) is 18.0 Å². The first-order valence-corrected chi connectivity index (χ1v) is 13.0. The molecule has 0 unspecified atom stereocenters. The second kappa shape index (κ2) is 17.7. The Bertz CT molecular complexity index is 1570. The van der Waals surface area contributed by atoms with Crippen LogP contribution in [-0.2, 0) is 17.9 Å². The van der Waals surface area contributed by atoms with Crippen molar-refractivity contribution in [3.63, 3.8) is 0 Å². The number of amides is 1. The summed E-state index contributed by atoms with van der Waals surface area (Å²) in [5, 5.41) is 22.0. The Kier molecular flexibility index (Phi) is 15.1. The van der Waals surface area contributed by atoms with E-state index in [4.69, 9.17) is 22.0 Å². The average Bonchev–Trinajstić information content (AvgIpc) is 3.02. The van der Waals surface area contributed by atoms with Gasteiger partial charge >= 0.3 is 5.97 Å². The molecule has 0 saturated heterocycles. The summed E-state index contributed by atoms with van der Waals surface area (Å²) < 4.78 is 61.3. The molecule has 0 saturated carbocycles. The SMILES string of the molecule is Fc1c(F)c(F)c(S)c(F)c1F.N#Cc1cccc(CN(C(=O)CNCc2ccc(Cl)cc2)c2ccc(C(=O)O)cc2)c1.O.O. The molecule has 4 aromatic carbocycles. The van der Waals surface area contributed by atoms with Gasteiger partial charge in [-0.2, -0.15) is 5.26 Å². The molecular formula is C30H25ClF5N3O5S. The van der Waals surface area contributed by atoms with E-state index in [0.29, 0.717) is 22.8 Å². The van der Waals surface area contributed by atoms with Crippen LogP contribution in [0.5, 0.6) is 0 Å². The molecule has 45 heavy (non-hydrogen) atoms. The fourth-order valence-electron chi connectivity index (χ4n) is 3.63. The third-order valence-electron chi connectivity index (χ3n) is 5.83. The molecule has 8 nitrogen and oxygen atoms in total. The second-order valence-electron chi connectivity index (χ2n) is 8.79. The fraction of sp³-hybridized carbons (Fsp3) is 0.100. The number of hydrogen-bond donors (Lipinski definition) is 3. The minimum Gasteiger partial charge on any atom is -0.478 e. The first kappa shape index (κ1) is 38.5. The number of carboxylic acids is 1. The van der Waals surface area contributed by atoms with Crippen molar-refractivity contribution in [3.05, 3.63) is 129 Å². The number of nitrogens with one attached hydrogen (secondary N) is 1. The Hall–Kier alpha value is -4.52. The Morgan fingerprint density at radius 3 is 1.93 bits per heavy atom. The lowest BCUT2D eigenvalue weighted by Gasteiger charge is -2.23. The highest BCUT2D eigenvalue weighted by molar-refractivity contribution is 7.80. The van der Waals surface area contributed by atoms with Gasteiger partial charge in [-0.05, 0) is 59.7 Å². The molecule has 0 aliphatic carbocycles. The highest BCUT2D eigenvalue weighted by Crippen LogP contribution is 2.25. The Labute approximate surface area is 264 Å². The van der Waals surface area contributed by atoms with Crippen LogP contribution >= 0.6 is 24.2 Å². The molecular weight excluding hydrogens is 645 g/mol. The molecule has 0 spiro atoms. The maximum atomic E-state index is 13.0. The number of anilines is 1. The van der Waals surface area contributed by atoms with E-state index in [0.717, 1.165) is 11.1 Å². The zero-order valence-electron chi connectivity index (χ0n) is 22.9. The third kappa shape index (κ3) is 10.3. The van der Waals surface area contributed by atoms with Crippen LogP contribution in [0.3, 0.4) is 0 Å². The van der Waals surface area contributed by atoms with E-state index in [1.54, 1.807) is 47.4 Å². The van der Waals surface area contributed by atoms with Crippen molar-refractivity contribution < 1.29 is 47.6 Å². The number of rotatable bonds is 8. The number of carboxylic acid groups (broad SMARTS) is 1. The maximum absolute atomic E-state index is 13.0. The molecule has 0 heterocycles. The standard InChI is InChI=1S/C24H20ClN3O3.C6HF5S.2H2O/c25-21-8-4-17(5-9-21)14-27-15-23(29)28(16-19-3-1-2-18(12-19)13-26)22-10-6-20(7-11-22)24(30)31;7-1-2(8)4(10)6(12)5(11)3(1)9;;/h1-12,27H,14-16H2,(H,30,31);12H;2*1H2. The first-order valence-electron chi connectivity index (χ1n) is 12.2. The summed E-state index contributed by atoms with van der Waals surface area (Å²) >= 11 is 9.00. The highest BCUT2D eigenvalue weighted by Gasteiger charge is 2.23. The number of carbonyl (C=O) groups is 2. The monoisotopic (exact) mass is 669 g/mol. The number of halogens is 6. The van der Waals surface area contributed by atoms with Crippen LogP contribution in [0.1, 0.15) is 27.0 Å². The molecule has 0 fully saturated rings. The van der Waals surface area contributed by atoms with Crippen LogP contribution < -0.4 is 10.2 Å². The topological polar surface area (TPSA) is 156 Å². The van der Waals surface area contributed by atoms with Crippen molar-refractivity contribution in [1.82, 2.24) is 5.32 Å². The quantitative estimate of drug-likeness (QED) is 0.101. The van der Waals surface area contributed by atoms with Crippen molar-refractivity contribution in [3.8, 4) is 6.07 Å². The van der Waals surface area contributed by atoms with Crippen LogP contribution in [0.15, 0.2) is 77.7 Å². The zero-order chi connectivity index (χ0) is 31.7. The van der Waals surface area contributed by atoms with Crippen LogP contribution in [0.25, 0.3) is 0 Å². The Morgan fingerprint density at radius 2 is 1.40 bits per heavy atom. The molecule has 4 aromatic rings. The average molecular weight is 670 g/mol. The summed E-state index contributed by atoms with van der Waals surface area (Å²) in [4.78, 5) is 24.6. The minimum atomic E-state index is -2.18. The number of hydrogen-bond acceptors (Lipinski definition) is 5. The summed E-state index contributed by atoms with van der Waals surface area (Å²) in [6, 6.07) is 22.6. The van der Waals surface area contributed by atoms with E-state index in [-0.39, 0.29) is 35.5 Å². The Morgan fingerprint density at radius 1 is 0.844 bits per heavy atom. The highest BCUT2D eigenvalue weighted by atomic mass is 35.5. The van der Waals surface area contributed by atoms with E-state index in [1.165, 1.54) is 12.1 Å². The molecule has 1 amide bonds. The van der Waals surface area contributed by atoms with E-state index in [9.17, 15) is 31.5 Å². The molecule has 0 atom stereocenters. The van der Waals surface area contributed by atoms with Gasteiger partial charge in [-0.15, -0.1) is 12.6 Å². The largest absolute Gasteiger partial charge is 0.478 e. The summed E-state index contributed by atoms with van der Waals surface area (Å²) in [5.74, 6) is -11.2. The molecule has 0 radical (unpaired) electrons. The van der Waals surface area contributed by atoms with Crippen LogP contribution in [0.4, 0.5) is 27.6 Å². The fourth-order valence-corrected chi connectivity index (χ4v) is 3.96. The Balaban J connectivity index is 0.000000612. The summed E-state index contributed by atoms with van der Waals surface area (Å²) in [5.41, 5.74) is 3.02. The molecule has 0 aliphatic heterocycles. The van der Waals surface area contributed by atoms with E-state index >= 15 is 0 Å². The molecule has 0 bridgehead atoms. The minimum absolute atomic E-state index is 0. The van der Waals surface area contributed by atoms with Gasteiger partial charge in [0.05, 0.1) is 35.2 Å². The number of nitrogens with zero attached hydrogens (tertiary/aromatic N) is 2. The van der Waals surface area contributed by atoms with E-state index < -0.39 is 40.0 Å². The molecule has 0 aliphatic rings. The van der Waals surface area contributed by atoms with Crippen LogP contribution in [0, 0.1) is 40.4 Å². The molecule has 15 heteroatoms. The van der Waals surface area contributed by atoms with Gasteiger partial charge in [0.15, 0.2) is 23.3 Å². The summed E-state index contributed by atoms with van der Waals surface area (Å²) in [7, 11) is 0. The van der Waals surface area contributed by atoms with Crippen LogP contribution in [0.2, 0.25) is 5.02 Å². The lowest BCUT2D eigenvalue weighted by Crippen LogP contribution is -2.37. The predicted octanol–water partition coefficient (Wildman–Crippen LogP) is 5.25. The maximum Gasteiger partial charge on any atom is 0.335 e.